The lowest BCUT2D eigenvalue weighted by atomic mass is 9.85. The summed E-state index contributed by atoms with van der Waals surface area (Å²) in [6.07, 6.45) is 8.98. The van der Waals surface area contributed by atoms with Crippen LogP contribution < -0.4 is 14.2 Å². The number of ether oxygens (including phenoxy) is 3. The van der Waals surface area contributed by atoms with Crippen LogP contribution in [0.2, 0.25) is 0 Å². The van der Waals surface area contributed by atoms with Crippen LogP contribution in [0.4, 0.5) is 4.39 Å². The molecule has 0 aliphatic heterocycles. The Bertz CT molecular complexity index is 1370. The minimum absolute atomic E-state index is 0.104. The van der Waals surface area contributed by atoms with Crippen molar-refractivity contribution in [2.75, 3.05) is 13.8 Å². The first-order valence-corrected chi connectivity index (χ1v) is 12.3. The molecule has 4 aromatic rings. The SMILES string of the molecule is COc1cc2c(Oc3ccc4[nH]c(C)cc4c3F)ncnc2cc1OCN(C1CCC1)C1CCC1. The van der Waals surface area contributed by atoms with Crippen molar-refractivity contribution in [2.24, 2.45) is 0 Å². The van der Waals surface area contributed by atoms with Crippen LogP contribution in [-0.2, 0) is 0 Å². The number of aryl methyl sites for hydroxylation is 1. The smallest absolute Gasteiger partial charge is 0.230 e. The van der Waals surface area contributed by atoms with Crippen molar-refractivity contribution in [2.45, 2.75) is 57.5 Å². The summed E-state index contributed by atoms with van der Waals surface area (Å²) in [6, 6.07) is 10.0. The highest BCUT2D eigenvalue weighted by molar-refractivity contribution is 5.87. The molecule has 6 rings (SSSR count). The van der Waals surface area contributed by atoms with Gasteiger partial charge in [-0.3, -0.25) is 4.90 Å². The van der Waals surface area contributed by atoms with Crippen LogP contribution in [0.25, 0.3) is 21.8 Å². The molecule has 2 heterocycles. The van der Waals surface area contributed by atoms with Gasteiger partial charge >= 0.3 is 0 Å². The number of hydrogen-bond acceptors (Lipinski definition) is 6. The van der Waals surface area contributed by atoms with Crippen LogP contribution in [0.3, 0.4) is 0 Å². The van der Waals surface area contributed by atoms with Gasteiger partial charge in [-0.15, -0.1) is 0 Å². The van der Waals surface area contributed by atoms with Crippen molar-refractivity contribution in [3.8, 4) is 23.1 Å². The quantitative estimate of drug-likeness (QED) is 0.310. The summed E-state index contributed by atoms with van der Waals surface area (Å²) < 4.78 is 33.0. The Balaban J connectivity index is 1.29. The Kier molecular flexibility index (Phi) is 5.68. The number of halogens is 1. The van der Waals surface area contributed by atoms with Gasteiger partial charge in [0, 0.05) is 34.7 Å². The molecule has 0 spiro atoms. The first kappa shape index (κ1) is 22.1. The maximum atomic E-state index is 15.1. The number of nitrogens with zero attached hydrogens (tertiary/aromatic N) is 3. The molecule has 2 saturated carbocycles. The number of fused-ring (bicyclic) bond motifs is 2. The highest BCUT2D eigenvalue weighted by Gasteiger charge is 2.34. The highest BCUT2D eigenvalue weighted by Crippen LogP contribution is 2.39. The third kappa shape index (κ3) is 4.05. The van der Waals surface area contributed by atoms with Crippen molar-refractivity contribution < 1.29 is 18.6 Å². The number of nitrogens with one attached hydrogen (secondary N) is 1. The van der Waals surface area contributed by atoms with Crippen molar-refractivity contribution in [1.29, 1.82) is 0 Å². The van der Waals surface area contributed by atoms with Crippen molar-refractivity contribution >= 4 is 21.8 Å². The van der Waals surface area contributed by atoms with Crippen LogP contribution in [0.1, 0.15) is 44.2 Å². The Hall–Kier alpha value is -3.39. The fraction of sp³-hybridized carbons (Fsp3) is 0.407. The highest BCUT2D eigenvalue weighted by atomic mass is 19.1. The second-order valence-corrected chi connectivity index (χ2v) is 9.55. The predicted octanol–water partition coefficient (Wildman–Crippen LogP) is 6.10. The van der Waals surface area contributed by atoms with Gasteiger partial charge in [0.25, 0.3) is 0 Å². The second kappa shape index (κ2) is 9.00. The zero-order valence-corrected chi connectivity index (χ0v) is 20.0. The molecule has 0 atom stereocenters. The van der Waals surface area contributed by atoms with Crippen molar-refractivity contribution in [3.63, 3.8) is 0 Å². The first-order chi connectivity index (χ1) is 17.1. The van der Waals surface area contributed by atoms with Gasteiger partial charge in [-0.2, -0.15) is 0 Å². The van der Waals surface area contributed by atoms with Gasteiger partial charge in [-0.05, 0) is 56.9 Å². The molecule has 2 aliphatic carbocycles. The molecule has 0 bridgehead atoms. The van der Waals surface area contributed by atoms with Gasteiger partial charge in [-0.1, -0.05) is 12.8 Å². The molecule has 0 radical (unpaired) electrons. The zero-order chi connectivity index (χ0) is 23.9. The topological polar surface area (TPSA) is 72.5 Å². The van der Waals surface area contributed by atoms with Crippen molar-refractivity contribution in [1.82, 2.24) is 19.9 Å². The maximum absolute atomic E-state index is 15.1. The van der Waals surface area contributed by atoms with Gasteiger partial charge in [0.1, 0.15) is 13.1 Å². The van der Waals surface area contributed by atoms with Crippen LogP contribution >= 0.6 is 0 Å². The maximum Gasteiger partial charge on any atom is 0.230 e. The number of benzene rings is 2. The van der Waals surface area contributed by atoms with Gasteiger partial charge in [0.05, 0.1) is 18.0 Å². The van der Waals surface area contributed by atoms with E-state index in [1.165, 1.54) is 44.9 Å². The van der Waals surface area contributed by atoms with E-state index >= 15 is 4.39 Å². The summed E-state index contributed by atoms with van der Waals surface area (Å²) in [7, 11) is 1.61. The second-order valence-electron chi connectivity index (χ2n) is 9.55. The van der Waals surface area contributed by atoms with Crippen molar-refractivity contribution in [3.05, 3.63) is 48.2 Å². The normalized spacial score (nSPS) is 16.5. The average molecular weight is 477 g/mol. The van der Waals surface area contributed by atoms with E-state index < -0.39 is 5.82 Å². The summed E-state index contributed by atoms with van der Waals surface area (Å²) in [5.74, 6) is 1.13. The lowest BCUT2D eigenvalue weighted by molar-refractivity contribution is -0.0167. The number of methoxy groups -OCH3 is 1. The van der Waals surface area contributed by atoms with Gasteiger partial charge < -0.3 is 19.2 Å². The minimum atomic E-state index is -0.433. The van der Waals surface area contributed by atoms with Crippen LogP contribution in [0.15, 0.2) is 36.7 Å². The standard InChI is InChI=1S/C27H29FN4O3/c1-16-11-19-21(31-16)9-10-23(26(19)28)35-27-20-12-24(33-2)25(13-22(20)29-14-30-27)34-15-32(17-5-3-6-17)18-7-4-8-18/h9-14,17-18,31H,3-8,15H2,1-2H3. The van der Waals surface area contributed by atoms with Crippen LogP contribution in [0, 0.1) is 12.7 Å². The number of aromatic amines is 1. The Morgan fingerprint density at radius 1 is 0.971 bits per heavy atom. The Morgan fingerprint density at radius 2 is 1.74 bits per heavy atom. The summed E-state index contributed by atoms with van der Waals surface area (Å²) in [5.41, 5.74) is 2.25. The summed E-state index contributed by atoms with van der Waals surface area (Å²) >= 11 is 0. The average Bonchev–Trinajstić information content (AvgIpc) is 3.17. The molecule has 2 aliphatic rings. The fourth-order valence-electron chi connectivity index (χ4n) is 4.95. The first-order valence-electron chi connectivity index (χ1n) is 12.3. The van der Waals surface area contributed by atoms with Gasteiger partial charge in [0.15, 0.2) is 23.1 Å². The van der Waals surface area contributed by atoms with E-state index in [-0.39, 0.29) is 11.6 Å². The molecule has 1 N–H and O–H groups in total. The number of rotatable bonds is 8. The molecule has 7 nitrogen and oxygen atoms in total. The molecule has 35 heavy (non-hydrogen) atoms. The number of aromatic nitrogens is 3. The summed E-state index contributed by atoms with van der Waals surface area (Å²) in [5, 5.41) is 1.10. The Labute approximate surface area is 203 Å². The Morgan fingerprint density at radius 3 is 2.43 bits per heavy atom. The van der Waals surface area contributed by atoms with E-state index in [0.29, 0.717) is 46.6 Å². The predicted molar refractivity (Wildman–Crippen MR) is 132 cm³/mol. The van der Waals surface area contributed by atoms with Gasteiger partial charge in [-0.25, -0.2) is 14.4 Å². The van der Waals surface area contributed by atoms with E-state index in [2.05, 4.69) is 19.9 Å². The van der Waals surface area contributed by atoms with E-state index in [1.54, 1.807) is 31.4 Å². The lowest BCUT2D eigenvalue weighted by Gasteiger charge is -2.45. The largest absolute Gasteiger partial charge is 0.493 e. The molecular formula is C27H29FN4O3. The molecule has 0 saturated heterocycles. The number of hydrogen-bond donors (Lipinski definition) is 1. The molecule has 2 fully saturated rings. The fourth-order valence-corrected chi connectivity index (χ4v) is 4.95. The molecule has 182 valence electrons. The van der Waals surface area contributed by atoms with E-state index in [9.17, 15) is 0 Å². The molecular weight excluding hydrogens is 447 g/mol. The summed E-state index contributed by atoms with van der Waals surface area (Å²) in [6.45, 7) is 2.43. The summed E-state index contributed by atoms with van der Waals surface area (Å²) in [4.78, 5) is 14.3. The molecule has 0 amide bonds. The molecule has 8 heteroatoms. The van der Waals surface area contributed by atoms with Gasteiger partial charge in [0.2, 0.25) is 5.88 Å². The monoisotopic (exact) mass is 476 g/mol. The number of H-pyrrole nitrogens is 1. The zero-order valence-electron chi connectivity index (χ0n) is 20.0. The third-order valence-electron chi connectivity index (χ3n) is 7.38. The van der Waals surface area contributed by atoms with E-state index in [1.807, 2.05) is 13.0 Å². The van der Waals surface area contributed by atoms with E-state index in [0.717, 1.165) is 11.2 Å². The third-order valence-corrected chi connectivity index (χ3v) is 7.38. The van der Waals surface area contributed by atoms with Crippen LogP contribution in [-0.4, -0.2) is 45.8 Å². The van der Waals surface area contributed by atoms with Crippen LogP contribution in [0.5, 0.6) is 23.1 Å². The lowest BCUT2D eigenvalue weighted by Crippen LogP contribution is -2.51. The minimum Gasteiger partial charge on any atom is -0.493 e. The molecule has 2 aromatic carbocycles. The molecule has 2 aromatic heterocycles. The van der Waals surface area contributed by atoms with E-state index in [4.69, 9.17) is 14.2 Å². The molecule has 0 unspecified atom stereocenters.